The smallest absolute Gasteiger partial charge is 0.225 e. The zero-order valence-electron chi connectivity index (χ0n) is 17.8. The van der Waals surface area contributed by atoms with Crippen molar-refractivity contribution in [2.75, 3.05) is 31.4 Å². The number of unbranched alkanes of at least 4 members (excludes halogenated alkanes) is 1. The Hall–Kier alpha value is -3.13. The minimum atomic E-state index is 0.139. The van der Waals surface area contributed by atoms with Gasteiger partial charge in [-0.2, -0.15) is 4.98 Å². The van der Waals surface area contributed by atoms with Crippen molar-refractivity contribution >= 4 is 22.8 Å². The van der Waals surface area contributed by atoms with Gasteiger partial charge in [-0.3, -0.25) is 4.98 Å². The van der Waals surface area contributed by atoms with Crippen molar-refractivity contribution < 1.29 is 9.47 Å². The van der Waals surface area contributed by atoms with E-state index < -0.39 is 0 Å². The molecule has 160 valence electrons. The maximum atomic E-state index is 5.97. The molecule has 0 fully saturated rings. The molecule has 0 aliphatic heterocycles. The van der Waals surface area contributed by atoms with Gasteiger partial charge in [0.25, 0.3) is 0 Å². The Morgan fingerprint density at radius 2 is 2.00 bits per heavy atom. The maximum absolute atomic E-state index is 5.97. The largest absolute Gasteiger partial charge is 0.497 e. The van der Waals surface area contributed by atoms with Gasteiger partial charge in [-0.05, 0) is 30.7 Å². The van der Waals surface area contributed by atoms with Crippen LogP contribution in [0.5, 0.6) is 11.5 Å². The number of benzene rings is 1. The summed E-state index contributed by atoms with van der Waals surface area (Å²) in [7, 11) is 3.27. The normalized spacial score (nSPS) is 11.9. The third-order valence-electron chi connectivity index (χ3n) is 4.92. The SMILES string of the molecule is CCCCC(CN)Nc1nc(NCc2ccc(OC)cc2OC)nc2cccnc12. The van der Waals surface area contributed by atoms with E-state index in [2.05, 4.69) is 32.5 Å². The second-order valence-corrected chi connectivity index (χ2v) is 7.02. The van der Waals surface area contributed by atoms with Crippen molar-refractivity contribution in [3.63, 3.8) is 0 Å². The molecule has 1 aromatic carbocycles. The zero-order valence-corrected chi connectivity index (χ0v) is 17.8. The first-order chi connectivity index (χ1) is 14.7. The molecule has 8 nitrogen and oxygen atoms in total. The monoisotopic (exact) mass is 410 g/mol. The number of ether oxygens (including phenoxy) is 2. The van der Waals surface area contributed by atoms with E-state index in [-0.39, 0.29) is 6.04 Å². The molecule has 0 radical (unpaired) electrons. The molecule has 0 spiro atoms. The van der Waals surface area contributed by atoms with Gasteiger partial charge >= 0.3 is 0 Å². The van der Waals surface area contributed by atoms with Crippen molar-refractivity contribution in [2.24, 2.45) is 5.73 Å². The second kappa shape index (κ2) is 10.6. The Bertz CT molecular complexity index is 966. The third kappa shape index (κ3) is 5.27. The Morgan fingerprint density at radius 3 is 2.73 bits per heavy atom. The van der Waals surface area contributed by atoms with E-state index in [1.165, 1.54) is 0 Å². The molecule has 1 atom stereocenters. The fourth-order valence-corrected chi connectivity index (χ4v) is 3.21. The fraction of sp³-hybridized carbons (Fsp3) is 0.409. The number of nitrogens with zero attached hydrogens (tertiary/aromatic N) is 3. The molecule has 2 aromatic heterocycles. The molecule has 0 amide bonds. The highest BCUT2D eigenvalue weighted by molar-refractivity contribution is 5.86. The molecule has 8 heteroatoms. The van der Waals surface area contributed by atoms with Gasteiger partial charge in [0.1, 0.15) is 17.0 Å². The lowest BCUT2D eigenvalue weighted by Crippen LogP contribution is -2.29. The van der Waals surface area contributed by atoms with Crippen molar-refractivity contribution in [3.8, 4) is 11.5 Å². The number of nitrogens with one attached hydrogen (secondary N) is 2. The molecule has 4 N–H and O–H groups in total. The quantitative estimate of drug-likeness (QED) is 0.440. The summed E-state index contributed by atoms with van der Waals surface area (Å²) in [5, 5.41) is 6.76. The van der Waals surface area contributed by atoms with Crippen LogP contribution in [0.25, 0.3) is 11.0 Å². The highest BCUT2D eigenvalue weighted by Gasteiger charge is 2.14. The summed E-state index contributed by atoms with van der Waals surface area (Å²) >= 11 is 0. The molecule has 30 heavy (non-hydrogen) atoms. The van der Waals surface area contributed by atoms with Crippen LogP contribution in [-0.2, 0) is 6.54 Å². The number of anilines is 2. The summed E-state index contributed by atoms with van der Waals surface area (Å²) in [6, 6.07) is 9.65. The van der Waals surface area contributed by atoms with E-state index in [4.69, 9.17) is 15.2 Å². The third-order valence-corrected chi connectivity index (χ3v) is 4.92. The van der Waals surface area contributed by atoms with Gasteiger partial charge in [-0.1, -0.05) is 19.8 Å². The molecular weight excluding hydrogens is 380 g/mol. The summed E-state index contributed by atoms with van der Waals surface area (Å²) < 4.78 is 10.7. The number of hydrogen-bond acceptors (Lipinski definition) is 8. The van der Waals surface area contributed by atoms with E-state index in [1.807, 2.05) is 30.3 Å². The molecule has 0 aliphatic carbocycles. The minimum Gasteiger partial charge on any atom is -0.497 e. The van der Waals surface area contributed by atoms with Gasteiger partial charge in [-0.25, -0.2) is 4.98 Å². The number of aromatic nitrogens is 3. The van der Waals surface area contributed by atoms with Crippen molar-refractivity contribution in [2.45, 2.75) is 38.8 Å². The Balaban J connectivity index is 1.84. The van der Waals surface area contributed by atoms with Gasteiger partial charge in [0.2, 0.25) is 5.95 Å². The maximum Gasteiger partial charge on any atom is 0.225 e. The Morgan fingerprint density at radius 1 is 1.13 bits per heavy atom. The van der Waals surface area contributed by atoms with Gasteiger partial charge in [-0.15, -0.1) is 0 Å². The lowest BCUT2D eigenvalue weighted by molar-refractivity contribution is 0.391. The van der Waals surface area contributed by atoms with E-state index in [1.54, 1.807) is 20.4 Å². The molecule has 0 aliphatic rings. The Kier molecular flexibility index (Phi) is 7.62. The van der Waals surface area contributed by atoms with Gasteiger partial charge in [0.15, 0.2) is 5.82 Å². The summed E-state index contributed by atoms with van der Waals surface area (Å²) in [6.45, 7) is 3.21. The van der Waals surface area contributed by atoms with Crippen LogP contribution in [0.3, 0.4) is 0 Å². The van der Waals surface area contributed by atoms with Crippen molar-refractivity contribution in [1.29, 1.82) is 0 Å². The van der Waals surface area contributed by atoms with Crippen molar-refractivity contribution in [1.82, 2.24) is 15.0 Å². The van der Waals surface area contributed by atoms with Crippen LogP contribution < -0.4 is 25.8 Å². The number of hydrogen-bond donors (Lipinski definition) is 3. The zero-order chi connectivity index (χ0) is 21.3. The summed E-state index contributed by atoms with van der Waals surface area (Å²) in [5.74, 6) is 2.69. The first kappa shape index (κ1) is 21.6. The van der Waals surface area contributed by atoms with Crippen molar-refractivity contribution in [3.05, 3.63) is 42.1 Å². The summed E-state index contributed by atoms with van der Waals surface area (Å²) in [6.07, 6.45) is 4.96. The number of pyridine rings is 1. The number of nitrogens with two attached hydrogens (primary N) is 1. The topological polar surface area (TPSA) is 107 Å². The van der Waals surface area contributed by atoms with Crippen LogP contribution in [0, 0.1) is 0 Å². The van der Waals surface area contributed by atoms with E-state index in [0.29, 0.717) is 24.9 Å². The van der Waals surface area contributed by atoms with Gasteiger partial charge in [0.05, 0.1) is 19.7 Å². The molecule has 3 aromatic rings. The fourth-order valence-electron chi connectivity index (χ4n) is 3.21. The van der Waals surface area contributed by atoms with Gasteiger partial charge in [0, 0.05) is 37.0 Å². The highest BCUT2D eigenvalue weighted by Crippen LogP contribution is 2.26. The van der Waals surface area contributed by atoms with Crippen LogP contribution in [0.15, 0.2) is 36.5 Å². The predicted molar refractivity (Wildman–Crippen MR) is 120 cm³/mol. The van der Waals surface area contributed by atoms with Crippen LogP contribution in [0.1, 0.15) is 31.7 Å². The number of rotatable bonds is 11. The standard InChI is InChI=1S/C22H30N6O2/c1-4-5-7-16(13-23)26-21-20-18(8-6-11-24-20)27-22(28-21)25-14-15-9-10-17(29-2)12-19(15)30-3/h6,8-12,16H,4-5,7,13-14,23H2,1-3H3,(H2,25,26,27,28). The lowest BCUT2D eigenvalue weighted by Gasteiger charge is -2.19. The van der Waals surface area contributed by atoms with E-state index >= 15 is 0 Å². The average Bonchev–Trinajstić information content (AvgIpc) is 2.80. The minimum absolute atomic E-state index is 0.139. The number of fused-ring (bicyclic) bond motifs is 1. The predicted octanol–water partition coefficient (Wildman–Crippen LogP) is 3.58. The highest BCUT2D eigenvalue weighted by atomic mass is 16.5. The van der Waals surface area contributed by atoms with Crippen LogP contribution in [-0.4, -0.2) is 41.8 Å². The summed E-state index contributed by atoms with van der Waals surface area (Å²) in [5.41, 5.74) is 8.45. The lowest BCUT2D eigenvalue weighted by atomic mass is 10.1. The molecule has 0 saturated heterocycles. The first-order valence-corrected chi connectivity index (χ1v) is 10.2. The molecule has 0 bridgehead atoms. The number of methoxy groups -OCH3 is 2. The molecule has 2 heterocycles. The van der Waals surface area contributed by atoms with Gasteiger partial charge < -0.3 is 25.8 Å². The van der Waals surface area contributed by atoms with Crippen LogP contribution in [0.4, 0.5) is 11.8 Å². The Labute approximate surface area is 177 Å². The van der Waals surface area contributed by atoms with E-state index in [0.717, 1.165) is 47.4 Å². The molecule has 1 unspecified atom stereocenters. The average molecular weight is 411 g/mol. The second-order valence-electron chi connectivity index (χ2n) is 7.02. The summed E-state index contributed by atoms with van der Waals surface area (Å²) in [4.78, 5) is 13.8. The van der Waals surface area contributed by atoms with E-state index in [9.17, 15) is 0 Å². The molecule has 0 saturated carbocycles. The first-order valence-electron chi connectivity index (χ1n) is 10.2. The van der Waals surface area contributed by atoms with Crippen LogP contribution >= 0.6 is 0 Å². The van der Waals surface area contributed by atoms with Crippen LogP contribution in [0.2, 0.25) is 0 Å². The molecule has 3 rings (SSSR count). The molecular formula is C22H30N6O2.